The summed E-state index contributed by atoms with van der Waals surface area (Å²) < 4.78 is 2.36. The molecule has 1 heterocycles. The van der Waals surface area contributed by atoms with Gasteiger partial charge >= 0.3 is 0 Å². The summed E-state index contributed by atoms with van der Waals surface area (Å²) >= 11 is 0. The van der Waals surface area contributed by atoms with Gasteiger partial charge in [0, 0.05) is 16.5 Å². The number of fused-ring (bicyclic) bond motifs is 3. The van der Waals surface area contributed by atoms with Crippen LogP contribution in [0.3, 0.4) is 0 Å². The number of para-hydroxylation sites is 2. The molecule has 1 nitrogen and oxygen atoms in total. The van der Waals surface area contributed by atoms with Crippen molar-refractivity contribution in [2.24, 2.45) is 0 Å². The van der Waals surface area contributed by atoms with Crippen molar-refractivity contribution < 1.29 is 0 Å². The fourth-order valence-electron chi connectivity index (χ4n) is 5.51. The second-order valence-corrected chi connectivity index (χ2v) is 9.95. The van der Waals surface area contributed by atoms with Crippen LogP contribution in [-0.2, 0) is 0 Å². The molecular weight excluding hydrogens is 458 g/mol. The van der Waals surface area contributed by atoms with Crippen LogP contribution in [0.1, 0.15) is 5.56 Å². The summed E-state index contributed by atoms with van der Waals surface area (Å²) in [6.45, 7) is 2.13. The van der Waals surface area contributed by atoms with Gasteiger partial charge in [-0.3, -0.25) is 0 Å². The largest absolute Gasteiger partial charge is 0.309 e. The van der Waals surface area contributed by atoms with Crippen LogP contribution < -0.4 is 0 Å². The van der Waals surface area contributed by atoms with Gasteiger partial charge in [-0.25, -0.2) is 0 Å². The van der Waals surface area contributed by atoms with Crippen LogP contribution in [0.25, 0.3) is 60.9 Å². The van der Waals surface area contributed by atoms with Gasteiger partial charge in [-0.05, 0) is 82.8 Å². The highest BCUT2D eigenvalue weighted by atomic mass is 15.0. The maximum atomic E-state index is 2.36. The van der Waals surface area contributed by atoms with E-state index in [4.69, 9.17) is 0 Å². The fraction of sp³-hybridized carbons (Fsp3) is 0.0270. The Morgan fingerprint density at radius 2 is 0.895 bits per heavy atom. The van der Waals surface area contributed by atoms with E-state index in [-0.39, 0.29) is 0 Å². The zero-order valence-electron chi connectivity index (χ0n) is 21.3. The van der Waals surface area contributed by atoms with Crippen LogP contribution in [0.15, 0.2) is 146 Å². The zero-order chi connectivity index (χ0) is 25.5. The van der Waals surface area contributed by atoms with Crippen LogP contribution in [0.4, 0.5) is 0 Å². The molecule has 180 valence electrons. The molecule has 0 aliphatic carbocycles. The molecule has 0 spiro atoms. The van der Waals surface area contributed by atoms with Gasteiger partial charge in [0.15, 0.2) is 0 Å². The van der Waals surface area contributed by atoms with Crippen molar-refractivity contribution >= 4 is 21.8 Å². The van der Waals surface area contributed by atoms with Crippen molar-refractivity contribution in [2.45, 2.75) is 6.92 Å². The van der Waals surface area contributed by atoms with Crippen LogP contribution in [0.5, 0.6) is 0 Å². The van der Waals surface area contributed by atoms with Crippen LogP contribution in [-0.4, -0.2) is 4.57 Å². The van der Waals surface area contributed by atoms with Crippen molar-refractivity contribution in [2.75, 3.05) is 0 Å². The summed E-state index contributed by atoms with van der Waals surface area (Å²) in [4.78, 5) is 0. The van der Waals surface area contributed by atoms with Gasteiger partial charge in [-0.2, -0.15) is 0 Å². The third-order valence-electron chi connectivity index (χ3n) is 7.46. The van der Waals surface area contributed by atoms with E-state index in [1.807, 2.05) is 0 Å². The Bertz CT molecular complexity index is 1910. The minimum atomic E-state index is 1.18. The SMILES string of the molecule is Cc1ccc(-c2cccc(-c3cccc(-c4ccc5c(c4)c4ccccc4n5-c4ccccc4)c3)c2)cc1. The van der Waals surface area contributed by atoms with Crippen LogP contribution >= 0.6 is 0 Å². The average Bonchev–Trinajstić information content (AvgIpc) is 3.32. The summed E-state index contributed by atoms with van der Waals surface area (Å²) in [5, 5.41) is 2.55. The highest BCUT2D eigenvalue weighted by Gasteiger charge is 2.13. The summed E-state index contributed by atoms with van der Waals surface area (Å²) in [6.07, 6.45) is 0. The molecule has 0 fully saturated rings. The lowest BCUT2D eigenvalue weighted by molar-refractivity contribution is 1.18. The molecule has 0 radical (unpaired) electrons. The predicted molar refractivity (Wildman–Crippen MR) is 162 cm³/mol. The van der Waals surface area contributed by atoms with E-state index < -0.39 is 0 Å². The normalized spacial score (nSPS) is 11.3. The molecule has 38 heavy (non-hydrogen) atoms. The maximum Gasteiger partial charge on any atom is 0.0541 e. The van der Waals surface area contributed by atoms with E-state index >= 15 is 0 Å². The van der Waals surface area contributed by atoms with Gasteiger partial charge in [0.2, 0.25) is 0 Å². The van der Waals surface area contributed by atoms with Gasteiger partial charge in [-0.1, -0.05) is 109 Å². The Hall–Kier alpha value is -4.88. The molecule has 0 saturated carbocycles. The molecule has 0 atom stereocenters. The molecule has 1 heteroatoms. The fourth-order valence-corrected chi connectivity index (χ4v) is 5.51. The highest BCUT2D eigenvalue weighted by Crippen LogP contribution is 2.36. The number of benzene rings is 6. The molecule has 0 saturated heterocycles. The summed E-state index contributed by atoms with van der Waals surface area (Å²) in [6, 6.07) is 52.7. The molecule has 0 bridgehead atoms. The predicted octanol–water partition coefficient (Wildman–Crippen LogP) is 10.1. The van der Waals surface area contributed by atoms with E-state index in [1.54, 1.807) is 0 Å². The Morgan fingerprint density at radius 1 is 0.368 bits per heavy atom. The number of hydrogen-bond donors (Lipinski definition) is 0. The molecule has 7 rings (SSSR count). The topological polar surface area (TPSA) is 4.93 Å². The van der Waals surface area contributed by atoms with E-state index in [0.29, 0.717) is 0 Å². The van der Waals surface area contributed by atoms with E-state index in [9.17, 15) is 0 Å². The monoisotopic (exact) mass is 485 g/mol. The summed E-state index contributed by atoms with van der Waals surface area (Å²) in [5.74, 6) is 0. The Labute approximate surface area is 223 Å². The van der Waals surface area contributed by atoms with Crippen molar-refractivity contribution in [3.8, 4) is 39.1 Å². The van der Waals surface area contributed by atoms with Gasteiger partial charge in [0.1, 0.15) is 0 Å². The van der Waals surface area contributed by atoms with Gasteiger partial charge < -0.3 is 4.57 Å². The molecule has 7 aromatic rings. The molecule has 0 aliphatic rings. The maximum absolute atomic E-state index is 2.36. The minimum absolute atomic E-state index is 1.18. The zero-order valence-corrected chi connectivity index (χ0v) is 21.3. The van der Waals surface area contributed by atoms with Gasteiger partial charge in [0.05, 0.1) is 11.0 Å². The number of aryl methyl sites for hydroxylation is 1. The Kier molecular flexibility index (Phi) is 5.41. The molecule has 0 unspecified atom stereocenters. The van der Waals surface area contributed by atoms with Crippen molar-refractivity contribution in [3.63, 3.8) is 0 Å². The van der Waals surface area contributed by atoms with Crippen LogP contribution in [0, 0.1) is 6.92 Å². The minimum Gasteiger partial charge on any atom is -0.309 e. The number of aromatic nitrogens is 1. The van der Waals surface area contributed by atoms with E-state index in [1.165, 1.54) is 66.4 Å². The van der Waals surface area contributed by atoms with Crippen molar-refractivity contribution in [1.82, 2.24) is 4.57 Å². The third kappa shape index (κ3) is 3.90. The first-order chi connectivity index (χ1) is 18.7. The molecule has 1 aromatic heterocycles. The molecular formula is C37H27N. The first-order valence-electron chi connectivity index (χ1n) is 13.1. The van der Waals surface area contributed by atoms with Crippen molar-refractivity contribution in [1.29, 1.82) is 0 Å². The second kappa shape index (κ2) is 9.21. The van der Waals surface area contributed by atoms with Gasteiger partial charge in [0.25, 0.3) is 0 Å². The summed E-state index contributed by atoms with van der Waals surface area (Å²) in [7, 11) is 0. The Morgan fingerprint density at radius 3 is 1.58 bits per heavy atom. The van der Waals surface area contributed by atoms with E-state index in [2.05, 4.69) is 157 Å². The lowest BCUT2D eigenvalue weighted by Gasteiger charge is -2.10. The Balaban J connectivity index is 1.33. The van der Waals surface area contributed by atoms with Crippen molar-refractivity contribution in [3.05, 3.63) is 151 Å². The van der Waals surface area contributed by atoms with Crippen LogP contribution in [0.2, 0.25) is 0 Å². The molecule has 0 aliphatic heterocycles. The molecule has 0 N–H and O–H groups in total. The summed E-state index contributed by atoms with van der Waals surface area (Å²) in [5.41, 5.74) is 12.3. The standard InChI is InChI=1S/C37H27N/c1-26-17-19-27(20-18-26)28-9-7-10-29(23-28)30-11-8-12-31(24-30)32-21-22-37-35(25-32)34-15-5-6-16-36(34)38(37)33-13-3-2-4-14-33/h2-25H,1H3. The first-order valence-corrected chi connectivity index (χ1v) is 13.1. The smallest absolute Gasteiger partial charge is 0.0541 e. The number of nitrogens with zero attached hydrogens (tertiary/aromatic N) is 1. The second-order valence-electron chi connectivity index (χ2n) is 9.95. The lowest BCUT2D eigenvalue weighted by atomic mass is 9.95. The molecule has 6 aromatic carbocycles. The lowest BCUT2D eigenvalue weighted by Crippen LogP contribution is -1.92. The number of rotatable bonds is 4. The van der Waals surface area contributed by atoms with E-state index in [0.717, 1.165) is 0 Å². The van der Waals surface area contributed by atoms with Gasteiger partial charge in [-0.15, -0.1) is 0 Å². The average molecular weight is 486 g/mol. The quantitative estimate of drug-likeness (QED) is 0.234. The third-order valence-corrected chi connectivity index (χ3v) is 7.46. The first kappa shape index (κ1) is 22.3. The highest BCUT2D eigenvalue weighted by molar-refractivity contribution is 6.10. The molecule has 0 amide bonds. The number of hydrogen-bond acceptors (Lipinski definition) is 0.